The zero-order chi connectivity index (χ0) is 16.4. The fourth-order valence-electron chi connectivity index (χ4n) is 2.32. The van der Waals surface area contributed by atoms with Crippen molar-refractivity contribution in [2.45, 2.75) is 6.10 Å². The van der Waals surface area contributed by atoms with Crippen LogP contribution in [0.4, 0.5) is 16.0 Å². The number of imidazole rings is 1. The molecule has 23 heavy (non-hydrogen) atoms. The van der Waals surface area contributed by atoms with E-state index in [4.69, 9.17) is 0 Å². The van der Waals surface area contributed by atoms with Gasteiger partial charge in [-0.15, -0.1) is 0 Å². The molecule has 3 aromatic rings. The molecule has 0 unspecified atom stereocenters. The highest BCUT2D eigenvalue weighted by Crippen LogP contribution is 2.26. The molecule has 0 bridgehead atoms. The van der Waals surface area contributed by atoms with E-state index in [0.717, 1.165) is 0 Å². The lowest BCUT2D eigenvalue weighted by atomic mass is 10.1. The second-order valence-corrected chi connectivity index (χ2v) is 4.89. The smallest absolute Gasteiger partial charge is 0.372 e. The van der Waals surface area contributed by atoms with Crippen LogP contribution in [0.3, 0.4) is 0 Å². The van der Waals surface area contributed by atoms with Crippen molar-refractivity contribution in [3.05, 3.63) is 70.2 Å². The average molecular weight is 316 g/mol. The molecule has 2 heterocycles. The third kappa shape index (κ3) is 2.84. The van der Waals surface area contributed by atoms with Crippen molar-refractivity contribution in [2.24, 2.45) is 0 Å². The molecule has 1 atom stereocenters. The number of aliphatic hydroxyl groups excluding tert-OH is 1. The van der Waals surface area contributed by atoms with Crippen molar-refractivity contribution >= 4 is 17.3 Å². The van der Waals surface area contributed by atoms with E-state index in [0.29, 0.717) is 5.65 Å². The van der Waals surface area contributed by atoms with Gasteiger partial charge in [0.05, 0.1) is 12.3 Å². The van der Waals surface area contributed by atoms with Gasteiger partial charge in [-0.25, -0.2) is 4.39 Å². The molecule has 2 aromatic heterocycles. The van der Waals surface area contributed by atoms with E-state index >= 15 is 0 Å². The third-order valence-corrected chi connectivity index (χ3v) is 3.40. The molecule has 0 saturated carbocycles. The topological polar surface area (TPSA) is 92.7 Å². The number of nitrogens with zero attached hydrogens (tertiary/aromatic N) is 3. The van der Waals surface area contributed by atoms with E-state index in [1.807, 2.05) is 0 Å². The van der Waals surface area contributed by atoms with Gasteiger partial charge >= 0.3 is 5.82 Å². The Morgan fingerprint density at radius 3 is 2.78 bits per heavy atom. The summed E-state index contributed by atoms with van der Waals surface area (Å²) in [6, 6.07) is 10.8. The number of nitrogens with one attached hydrogen (secondary N) is 1. The van der Waals surface area contributed by atoms with Gasteiger partial charge in [0.2, 0.25) is 11.5 Å². The molecule has 1 aromatic carbocycles. The van der Waals surface area contributed by atoms with E-state index < -0.39 is 16.8 Å². The summed E-state index contributed by atoms with van der Waals surface area (Å²) in [6.07, 6.45) is 0.375. The van der Waals surface area contributed by atoms with Gasteiger partial charge in [0.15, 0.2) is 0 Å². The number of aromatic nitrogens is 2. The summed E-state index contributed by atoms with van der Waals surface area (Å²) in [5.74, 6) is -0.746. The van der Waals surface area contributed by atoms with Gasteiger partial charge in [0, 0.05) is 18.2 Å². The SMILES string of the molecule is O=[N+]([O-])c1c(NC[C@H](O)c2ccccc2F)nc2ccccn12. The van der Waals surface area contributed by atoms with Gasteiger partial charge in [-0.2, -0.15) is 9.38 Å². The lowest BCUT2D eigenvalue weighted by molar-refractivity contribution is -0.389. The highest BCUT2D eigenvalue weighted by molar-refractivity contribution is 5.62. The fourth-order valence-corrected chi connectivity index (χ4v) is 2.32. The number of hydrogen-bond acceptors (Lipinski definition) is 5. The lowest BCUT2D eigenvalue weighted by Crippen LogP contribution is -2.14. The molecule has 8 heteroatoms. The molecular weight excluding hydrogens is 303 g/mol. The van der Waals surface area contributed by atoms with Crippen LogP contribution < -0.4 is 5.32 Å². The maximum Gasteiger partial charge on any atom is 0.372 e. The van der Waals surface area contributed by atoms with Gasteiger partial charge in [-0.1, -0.05) is 24.3 Å². The van der Waals surface area contributed by atoms with E-state index in [2.05, 4.69) is 10.3 Å². The summed E-state index contributed by atoms with van der Waals surface area (Å²) in [7, 11) is 0. The zero-order valence-electron chi connectivity index (χ0n) is 11.9. The predicted molar refractivity (Wildman–Crippen MR) is 81.7 cm³/mol. The Hall–Kier alpha value is -3.00. The van der Waals surface area contributed by atoms with Gasteiger partial charge in [-0.3, -0.25) is 0 Å². The second-order valence-electron chi connectivity index (χ2n) is 4.89. The van der Waals surface area contributed by atoms with Crippen molar-refractivity contribution in [2.75, 3.05) is 11.9 Å². The molecule has 0 aliphatic rings. The Kier molecular flexibility index (Phi) is 3.90. The minimum absolute atomic E-state index is 0.0246. The molecule has 7 nitrogen and oxygen atoms in total. The van der Waals surface area contributed by atoms with Crippen LogP contribution in [0.25, 0.3) is 5.65 Å². The first-order chi connectivity index (χ1) is 11.1. The van der Waals surface area contributed by atoms with E-state index in [1.54, 1.807) is 24.3 Å². The number of anilines is 1. The Bertz CT molecular complexity index is 865. The number of aliphatic hydroxyl groups is 1. The van der Waals surface area contributed by atoms with Crippen LogP contribution in [0.5, 0.6) is 0 Å². The van der Waals surface area contributed by atoms with Gasteiger partial charge in [-0.05, 0) is 17.1 Å². The van der Waals surface area contributed by atoms with E-state index in [-0.39, 0.29) is 23.7 Å². The maximum absolute atomic E-state index is 13.6. The number of fused-ring (bicyclic) bond motifs is 1. The summed E-state index contributed by atoms with van der Waals surface area (Å²) in [5, 5.41) is 24.0. The molecule has 0 radical (unpaired) electrons. The summed E-state index contributed by atoms with van der Waals surface area (Å²) in [4.78, 5) is 14.8. The number of rotatable bonds is 5. The van der Waals surface area contributed by atoms with Crippen LogP contribution >= 0.6 is 0 Å². The Labute approximate surface area is 130 Å². The molecule has 3 rings (SSSR count). The number of benzene rings is 1. The molecule has 0 fully saturated rings. The molecule has 0 saturated heterocycles. The fraction of sp³-hybridized carbons (Fsp3) is 0.133. The second kappa shape index (κ2) is 6.01. The largest absolute Gasteiger partial charge is 0.386 e. The van der Waals surface area contributed by atoms with Crippen molar-refractivity contribution in [3.63, 3.8) is 0 Å². The molecular formula is C15H13FN4O3. The minimum atomic E-state index is -1.15. The number of hydrogen-bond donors (Lipinski definition) is 2. The Morgan fingerprint density at radius 1 is 1.30 bits per heavy atom. The van der Waals surface area contributed by atoms with Crippen LogP contribution in [0.1, 0.15) is 11.7 Å². The minimum Gasteiger partial charge on any atom is -0.386 e. The summed E-state index contributed by atoms with van der Waals surface area (Å²) >= 11 is 0. The number of nitro groups is 1. The first kappa shape index (κ1) is 14.9. The molecule has 0 aliphatic carbocycles. The number of halogens is 1. The first-order valence-corrected chi connectivity index (χ1v) is 6.86. The van der Waals surface area contributed by atoms with Crippen LogP contribution in [0.15, 0.2) is 48.7 Å². The zero-order valence-corrected chi connectivity index (χ0v) is 11.9. The van der Waals surface area contributed by atoms with Crippen molar-refractivity contribution in [1.82, 2.24) is 9.38 Å². The molecule has 0 aliphatic heterocycles. The van der Waals surface area contributed by atoms with Crippen LogP contribution in [0.2, 0.25) is 0 Å². The lowest BCUT2D eigenvalue weighted by Gasteiger charge is -2.12. The van der Waals surface area contributed by atoms with Gasteiger partial charge < -0.3 is 20.5 Å². The predicted octanol–water partition coefficient (Wildman–Crippen LogP) is 2.53. The van der Waals surface area contributed by atoms with Gasteiger partial charge in [0.25, 0.3) is 0 Å². The normalized spacial score (nSPS) is 12.3. The standard InChI is InChI=1S/C15H13FN4O3/c16-11-6-2-1-5-10(11)12(21)9-17-14-15(20(22)23)19-8-4-3-7-13(19)18-14/h1-8,12,17,21H,9H2/t12-/m0/s1. The third-order valence-electron chi connectivity index (χ3n) is 3.40. The molecule has 118 valence electrons. The first-order valence-electron chi connectivity index (χ1n) is 6.86. The van der Waals surface area contributed by atoms with Crippen molar-refractivity contribution < 1.29 is 14.4 Å². The van der Waals surface area contributed by atoms with Crippen molar-refractivity contribution in [1.29, 1.82) is 0 Å². The van der Waals surface area contributed by atoms with Crippen molar-refractivity contribution in [3.8, 4) is 0 Å². The maximum atomic E-state index is 13.6. The monoisotopic (exact) mass is 316 g/mol. The summed E-state index contributed by atoms with van der Waals surface area (Å²) in [6.45, 7) is -0.106. The van der Waals surface area contributed by atoms with E-state index in [1.165, 1.54) is 28.8 Å². The average Bonchev–Trinajstić information content (AvgIpc) is 2.91. The Balaban J connectivity index is 1.86. The highest BCUT2D eigenvalue weighted by Gasteiger charge is 2.23. The summed E-state index contributed by atoms with van der Waals surface area (Å²) < 4.78 is 15.0. The van der Waals surface area contributed by atoms with Crippen LogP contribution in [-0.4, -0.2) is 26.0 Å². The highest BCUT2D eigenvalue weighted by atomic mass is 19.1. The van der Waals surface area contributed by atoms with Crippen LogP contribution in [0, 0.1) is 15.9 Å². The quantitative estimate of drug-likeness (QED) is 0.557. The molecule has 0 amide bonds. The summed E-state index contributed by atoms with van der Waals surface area (Å²) in [5.41, 5.74) is 0.522. The van der Waals surface area contributed by atoms with Gasteiger partial charge in [0.1, 0.15) is 5.82 Å². The molecule has 2 N–H and O–H groups in total. The number of pyridine rings is 1. The molecule has 0 spiro atoms. The Morgan fingerprint density at radius 2 is 2.04 bits per heavy atom. The van der Waals surface area contributed by atoms with E-state index in [9.17, 15) is 19.6 Å². The van der Waals surface area contributed by atoms with Crippen LogP contribution in [-0.2, 0) is 0 Å².